The number of hydrogen-bond acceptors (Lipinski definition) is 7. The standard InChI is InChI=1S/C43H62N4O7/c1-6-7-22-36(42(52)47(27-30(4)5)38(24-29(2)3)39(49)26-34(40(44)50)20-14-23-48)45-41(51)37(46-43(53)54-28-31-15-9-8-10-16-31)25-33-19-13-18-32-17-11-12-21-35(32)33/h8-13,15-19,21,29-30,34,36-39,48-49H,6-7,14,20,22-28H2,1-5H3,(H2,44,50)(H,45,51)(H,46,53)/t34-,36+,37+,38+,39+/m1/s1. The van der Waals surface area contributed by atoms with Gasteiger partial charge in [-0.2, -0.15) is 0 Å². The molecule has 0 spiro atoms. The van der Waals surface area contributed by atoms with Crippen LogP contribution >= 0.6 is 0 Å². The Bertz CT molecular complexity index is 1610. The predicted molar refractivity (Wildman–Crippen MR) is 212 cm³/mol. The van der Waals surface area contributed by atoms with Crippen molar-refractivity contribution < 1.29 is 34.1 Å². The molecule has 11 heteroatoms. The zero-order chi connectivity index (χ0) is 39.6. The molecule has 0 unspecified atom stereocenters. The SMILES string of the molecule is CCCC[C@H](NC(=O)[C@H](Cc1cccc2ccccc12)NC(=O)OCc1ccccc1)C(=O)N(CC(C)C)[C@@H](CC(C)C)[C@@H](O)C[C@@H](CCCO)C(N)=O. The average Bonchev–Trinajstić information content (AvgIpc) is 3.15. The Morgan fingerprint density at radius 2 is 1.50 bits per heavy atom. The molecule has 11 nitrogen and oxygen atoms in total. The third kappa shape index (κ3) is 14.1. The van der Waals surface area contributed by atoms with Gasteiger partial charge in [0.2, 0.25) is 17.7 Å². The molecule has 0 heterocycles. The van der Waals surface area contributed by atoms with Gasteiger partial charge in [0.15, 0.2) is 0 Å². The number of amides is 4. The number of nitrogens with two attached hydrogens (primary N) is 1. The Morgan fingerprint density at radius 1 is 0.815 bits per heavy atom. The number of aliphatic hydroxyl groups excluding tert-OH is 2. The summed E-state index contributed by atoms with van der Waals surface area (Å²) in [5, 5.41) is 28.8. The maximum Gasteiger partial charge on any atom is 0.408 e. The van der Waals surface area contributed by atoms with Crippen molar-refractivity contribution >= 4 is 34.6 Å². The van der Waals surface area contributed by atoms with Gasteiger partial charge in [-0.15, -0.1) is 0 Å². The van der Waals surface area contributed by atoms with E-state index < -0.39 is 48.1 Å². The second kappa shape index (κ2) is 22.7. The zero-order valence-corrected chi connectivity index (χ0v) is 32.7. The highest BCUT2D eigenvalue weighted by molar-refractivity contribution is 5.93. The lowest BCUT2D eigenvalue weighted by Crippen LogP contribution is -2.58. The van der Waals surface area contributed by atoms with Crippen molar-refractivity contribution in [3.8, 4) is 0 Å². The molecule has 0 aliphatic heterocycles. The number of rotatable bonds is 23. The lowest BCUT2D eigenvalue weighted by molar-refractivity contribution is -0.143. The average molecular weight is 747 g/mol. The summed E-state index contributed by atoms with van der Waals surface area (Å²) < 4.78 is 5.52. The van der Waals surface area contributed by atoms with Gasteiger partial charge in [0, 0.05) is 25.5 Å². The molecule has 0 aromatic heterocycles. The van der Waals surface area contributed by atoms with E-state index >= 15 is 0 Å². The molecule has 6 N–H and O–H groups in total. The number of nitrogens with zero attached hydrogens (tertiary/aromatic N) is 1. The molecule has 0 aliphatic carbocycles. The van der Waals surface area contributed by atoms with Gasteiger partial charge in [-0.1, -0.05) is 120 Å². The van der Waals surface area contributed by atoms with E-state index in [-0.39, 0.29) is 43.8 Å². The Balaban J connectivity index is 1.96. The first-order chi connectivity index (χ1) is 25.8. The van der Waals surface area contributed by atoms with Crippen LogP contribution in [0.3, 0.4) is 0 Å². The summed E-state index contributed by atoms with van der Waals surface area (Å²) >= 11 is 0. The minimum atomic E-state index is -1.08. The Morgan fingerprint density at radius 3 is 2.15 bits per heavy atom. The number of carbonyl (C=O) groups is 4. The van der Waals surface area contributed by atoms with E-state index in [0.29, 0.717) is 38.6 Å². The Kier molecular flexibility index (Phi) is 18.4. The summed E-state index contributed by atoms with van der Waals surface area (Å²) in [6.07, 6.45) is 1.27. The minimum absolute atomic E-state index is 0.0211. The van der Waals surface area contributed by atoms with Gasteiger partial charge in [0.05, 0.1) is 12.1 Å². The van der Waals surface area contributed by atoms with E-state index in [1.54, 1.807) is 4.90 Å². The topological polar surface area (TPSA) is 171 Å². The largest absolute Gasteiger partial charge is 0.445 e. The Hall–Kier alpha value is -4.48. The van der Waals surface area contributed by atoms with E-state index in [1.807, 2.05) is 107 Å². The van der Waals surface area contributed by atoms with E-state index in [2.05, 4.69) is 10.6 Å². The van der Waals surface area contributed by atoms with Crippen LogP contribution in [0.2, 0.25) is 0 Å². The summed E-state index contributed by atoms with van der Waals surface area (Å²) in [6, 6.07) is 20.2. The minimum Gasteiger partial charge on any atom is -0.445 e. The summed E-state index contributed by atoms with van der Waals surface area (Å²) in [4.78, 5) is 56.3. The quantitative estimate of drug-likeness (QED) is 0.0807. The van der Waals surface area contributed by atoms with Crippen molar-refractivity contribution in [3.63, 3.8) is 0 Å². The van der Waals surface area contributed by atoms with Crippen molar-refractivity contribution in [3.05, 3.63) is 83.9 Å². The number of hydrogen-bond donors (Lipinski definition) is 5. The Labute approximate surface area is 321 Å². The van der Waals surface area contributed by atoms with Crippen LogP contribution in [0.5, 0.6) is 0 Å². The van der Waals surface area contributed by atoms with Crippen LogP contribution in [0.4, 0.5) is 4.79 Å². The molecule has 3 rings (SSSR count). The first kappa shape index (κ1) is 43.9. The van der Waals surface area contributed by atoms with Crippen molar-refractivity contribution in [2.24, 2.45) is 23.5 Å². The molecular weight excluding hydrogens is 684 g/mol. The molecule has 5 atom stereocenters. The summed E-state index contributed by atoms with van der Waals surface area (Å²) in [5.41, 5.74) is 7.35. The zero-order valence-electron chi connectivity index (χ0n) is 32.7. The molecule has 4 amide bonds. The molecular formula is C43H62N4O7. The number of ether oxygens (including phenoxy) is 1. The normalized spacial score (nSPS) is 14.2. The highest BCUT2D eigenvalue weighted by atomic mass is 16.5. The smallest absolute Gasteiger partial charge is 0.408 e. The van der Waals surface area contributed by atoms with Gasteiger partial charge in [-0.05, 0) is 65.8 Å². The molecule has 3 aromatic rings. The maximum atomic E-state index is 14.7. The number of fused-ring (bicyclic) bond motifs is 1. The van der Waals surface area contributed by atoms with Crippen LogP contribution in [-0.2, 0) is 32.1 Å². The van der Waals surface area contributed by atoms with Gasteiger partial charge in [0.1, 0.15) is 18.7 Å². The lowest BCUT2D eigenvalue weighted by Gasteiger charge is -2.40. The number of alkyl carbamates (subject to hydrolysis) is 1. The van der Waals surface area contributed by atoms with Crippen LogP contribution in [0.15, 0.2) is 72.8 Å². The van der Waals surface area contributed by atoms with E-state index in [4.69, 9.17) is 10.5 Å². The fraction of sp³-hybridized carbons (Fsp3) is 0.535. The second-order valence-corrected chi connectivity index (χ2v) is 15.2. The van der Waals surface area contributed by atoms with Crippen LogP contribution in [0, 0.1) is 17.8 Å². The second-order valence-electron chi connectivity index (χ2n) is 15.2. The molecule has 296 valence electrons. The van der Waals surface area contributed by atoms with E-state index in [1.165, 1.54) is 0 Å². The predicted octanol–water partition coefficient (Wildman–Crippen LogP) is 5.88. The number of aliphatic hydroxyl groups is 2. The lowest BCUT2D eigenvalue weighted by atomic mass is 9.88. The van der Waals surface area contributed by atoms with Gasteiger partial charge < -0.3 is 36.2 Å². The van der Waals surface area contributed by atoms with Crippen LogP contribution in [0.25, 0.3) is 10.8 Å². The molecule has 54 heavy (non-hydrogen) atoms. The van der Waals surface area contributed by atoms with Gasteiger partial charge >= 0.3 is 6.09 Å². The molecule has 3 aromatic carbocycles. The van der Waals surface area contributed by atoms with E-state index in [0.717, 1.165) is 28.3 Å². The number of carbonyl (C=O) groups excluding carboxylic acids is 4. The molecule has 0 radical (unpaired) electrons. The summed E-state index contributed by atoms with van der Waals surface area (Å²) in [7, 11) is 0. The molecule has 0 aliphatic rings. The van der Waals surface area contributed by atoms with Crippen molar-refractivity contribution in [2.45, 2.75) is 117 Å². The number of benzene rings is 3. The number of nitrogens with one attached hydrogen (secondary N) is 2. The third-order valence-corrected chi connectivity index (χ3v) is 9.63. The van der Waals surface area contributed by atoms with Crippen molar-refractivity contribution in [1.82, 2.24) is 15.5 Å². The molecule has 0 saturated carbocycles. The number of unbranched alkanes of at least 4 members (excludes halogenated alkanes) is 1. The van der Waals surface area contributed by atoms with Crippen molar-refractivity contribution in [1.29, 1.82) is 0 Å². The molecule has 0 bridgehead atoms. The highest BCUT2D eigenvalue weighted by Crippen LogP contribution is 2.25. The first-order valence-electron chi connectivity index (χ1n) is 19.5. The maximum absolute atomic E-state index is 14.7. The molecule has 0 saturated heterocycles. The first-order valence-corrected chi connectivity index (χ1v) is 19.5. The van der Waals surface area contributed by atoms with Crippen LogP contribution in [-0.4, -0.2) is 76.3 Å². The fourth-order valence-electron chi connectivity index (χ4n) is 6.86. The molecule has 0 fully saturated rings. The van der Waals surface area contributed by atoms with Crippen molar-refractivity contribution in [2.75, 3.05) is 13.2 Å². The summed E-state index contributed by atoms with van der Waals surface area (Å²) in [6.45, 7) is 10.2. The highest BCUT2D eigenvalue weighted by Gasteiger charge is 2.37. The van der Waals surface area contributed by atoms with Gasteiger partial charge in [-0.25, -0.2) is 4.79 Å². The summed E-state index contributed by atoms with van der Waals surface area (Å²) in [5.74, 6) is -1.98. The van der Waals surface area contributed by atoms with Gasteiger partial charge in [-0.3, -0.25) is 14.4 Å². The number of primary amides is 1. The van der Waals surface area contributed by atoms with Crippen LogP contribution < -0.4 is 16.4 Å². The van der Waals surface area contributed by atoms with E-state index in [9.17, 15) is 29.4 Å². The fourth-order valence-corrected chi connectivity index (χ4v) is 6.86. The third-order valence-electron chi connectivity index (χ3n) is 9.63. The van der Waals surface area contributed by atoms with Gasteiger partial charge in [0.25, 0.3) is 0 Å². The monoisotopic (exact) mass is 746 g/mol. The van der Waals surface area contributed by atoms with Crippen LogP contribution in [0.1, 0.15) is 90.7 Å².